The fourth-order valence-corrected chi connectivity index (χ4v) is 2.94. The Bertz CT molecular complexity index is 960. The van der Waals surface area contributed by atoms with Gasteiger partial charge >= 0.3 is 0 Å². The molecular formula is C21H24F3N3O4S. The predicted octanol–water partition coefficient (Wildman–Crippen LogP) is 3.91. The third kappa shape index (κ3) is 7.14. The first-order chi connectivity index (χ1) is 15.4. The maximum absolute atomic E-state index is 14.9. The van der Waals surface area contributed by atoms with E-state index in [9.17, 15) is 18.0 Å². The Labute approximate surface area is 187 Å². The van der Waals surface area contributed by atoms with Gasteiger partial charge in [-0.25, -0.2) is 18.7 Å². The second-order valence-electron chi connectivity index (χ2n) is 6.54. The number of hydrogen-bond donors (Lipinski definition) is 3. The van der Waals surface area contributed by atoms with Crippen molar-refractivity contribution in [1.82, 2.24) is 5.48 Å². The highest BCUT2D eigenvalue weighted by Gasteiger charge is 2.23. The molecule has 0 aliphatic carbocycles. The van der Waals surface area contributed by atoms with Crippen molar-refractivity contribution in [1.29, 1.82) is 0 Å². The van der Waals surface area contributed by atoms with E-state index in [1.807, 2.05) is 11.7 Å². The number of carbonyl (C=O) groups excluding carboxylic acids is 1. The zero-order valence-electron chi connectivity index (χ0n) is 17.6. The minimum Gasteiger partial charge on any atom is -0.396 e. The summed E-state index contributed by atoms with van der Waals surface area (Å²) >= 11 is 1.63. The summed E-state index contributed by atoms with van der Waals surface area (Å²) < 4.78 is 43.8. The van der Waals surface area contributed by atoms with Gasteiger partial charge in [0.25, 0.3) is 5.91 Å². The summed E-state index contributed by atoms with van der Waals surface area (Å²) in [5.41, 5.74) is 1.17. The zero-order chi connectivity index (χ0) is 23.5. The number of aryl methyl sites for hydroxylation is 1. The van der Waals surface area contributed by atoms with Gasteiger partial charge in [-0.3, -0.25) is 9.63 Å². The Morgan fingerprint density at radius 2 is 2.00 bits per heavy atom. The van der Waals surface area contributed by atoms with Crippen LogP contribution in [0.5, 0.6) is 0 Å². The largest absolute Gasteiger partial charge is 0.396 e. The SMILES string of the molecule is CSCCCO/N=C/c1cc(C(=O)NOCCO)c(Nc2ccc(C)cc2F)c(F)c1F. The minimum atomic E-state index is -1.41. The first-order valence-corrected chi connectivity index (χ1v) is 11.0. The lowest BCUT2D eigenvalue weighted by Gasteiger charge is -2.15. The number of halogens is 3. The fourth-order valence-electron chi connectivity index (χ4n) is 2.53. The van der Waals surface area contributed by atoms with Gasteiger partial charge in [-0.1, -0.05) is 11.2 Å². The molecule has 2 aromatic carbocycles. The van der Waals surface area contributed by atoms with Gasteiger partial charge in [0, 0.05) is 5.56 Å². The summed E-state index contributed by atoms with van der Waals surface area (Å²) in [5.74, 6) is -3.51. The van der Waals surface area contributed by atoms with Crippen molar-refractivity contribution in [3.63, 3.8) is 0 Å². The van der Waals surface area contributed by atoms with Crippen LogP contribution in [0.2, 0.25) is 0 Å². The predicted molar refractivity (Wildman–Crippen MR) is 118 cm³/mol. The van der Waals surface area contributed by atoms with Crippen molar-refractivity contribution in [2.24, 2.45) is 5.16 Å². The molecule has 0 aromatic heterocycles. The van der Waals surface area contributed by atoms with Gasteiger partial charge in [-0.15, -0.1) is 0 Å². The molecule has 0 aliphatic rings. The number of carbonyl (C=O) groups is 1. The number of thioether (sulfide) groups is 1. The Hall–Kier alpha value is -2.76. The monoisotopic (exact) mass is 471 g/mol. The zero-order valence-corrected chi connectivity index (χ0v) is 18.4. The van der Waals surface area contributed by atoms with Crippen molar-refractivity contribution in [3.05, 3.63) is 58.4 Å². The lowest BCUT2D eigenvalue weighted by Crippen LogP contribution is -2.26. The Balaban J connectivity index is 2.38. The van der Waals surface area contributed by atoms with Crippen LogP contribution in [0.25, 0.3) is 0 Å². The number of anilines is 2. The van der Waals surface area contributed by atoms with Gasteiger partial charge in [-0.05, 0) is 49.1 Å². The maximum Gasteiger partial charge on any atom is 0.277 e. The lowest BCUT2D eigenvalue weighted by atomic mass is 10.1. The molecule has 0 heterocycles. The minimum absolute atomic E-state index is 0.155. The van der Waals surface area contributed by atoms with Gasteiger partial charge in [0.2, 0.25) is 0 Å². The van der Waals surface area contributed by atoms with E-state index in [2.05, 4.69) is 10.5 Å². The number of nitrogens with one attached hydrogen (secondary N) is 2. The quantitative estimate of drug-likeness (QED) is 0.247. The molecule has 0 atom stereocenters. The van der Waals surface area contributed by atoms with E-state index >= 15 is 0 Å². The molecular weight excluding hydrogens is 447 g/mol. The molecule has 0 fully saturated rings. The van der Waals surface area contributed by atoms with Crippen LogP contribution in [-0.2, 0) is 9.68 Å². The van der Waals surface area contributed by atoms with E-state index < -0.39 is 29.0 Å². The van der Waals surface area contributed by atoms with Crippen molar-refractivity contribution < 1.29 is 32.7 Å². The van der Waals surface area contributed by atoms with E-state index in [4.69, 9.17) is 14.8 Å². The van der Waals surface area contributed by atoms with Gasteiger partial charge < -0.3 is 15.3 Å². The van der Waals surface area contributed by atoms with Crippen molar-refractivity contribution in [2.75, 3.05) is 37.1 Å². The van der Waals surface area contributed by atoms with Crippen molar-refractivity contribution in [2.45, 2.75) is 13.3 Å². The van der Waals surface area contributed by atoms with Crippen molar-refractivity contribution in [3.8, 4) is 0 Å². The number of hydroxylamine groups is 1. The summed E-state index contributed by atoms with van der Waals surface area (Å²) in [6.07, 6.45) is 3.60. The van der Waals surface area contributed by atoms with E-state index in [-0.39, 0.29) is 36.6 Å². The van der Waals surface area contributed by atoms with Crippen molar-refractivity contribution >= 4 is 35.3 Å². The Morgan fingerprint density at radius 3 is 2.69 bits per heavy atom. The first kappa shape index (κ1) is 25.5. The molecule has 0 bridgehead atoms. The van der Waals surface area contributed by atoms with Crippen LogP contribution in [0.1, 0.15) is 27.9 Å². The number of nitrogens with zero attached hydrogens (tertiary/aromatic N) is 1. The molecule has 7 nitrogen and oxygen atoms in total. The van der Waals surface area contributed by atoms with Crippen LogP contribution in [0.4, 0.5) is 24.5 Å². The summed E-state index contributed by atoms with van der Waals surface area (Å²) in [4.78, 5) is 22.3. The topological polar surface area (TPSA) is 92.2 Å². The molecule has 0 aliphatic heterocycles. The van der Waals surface area contributed by atoms with Crippen LogP contribution in [-0.4, -0.2) is 49.1 Å². The van der Waals surface area contributed by atoms with E-state index in [1.165, 1.54) is 12.1 Å². The summed E-state index contributed by atoms with van der Waals surface area (Å²) in [6, 6.07) is 5.14. The van der Waals surface area contributed by atoms with Gasteiger partial charge in [0.05, 0.1) is 36.4 Å². The number of benzene rings is 2. The number of rotatable bonds is 12. The van der Waals surface area contributed by atoms with Crippen LogP contribution in [0.15, 0.2) is 29.4 Å². The summed E-state index contributed by atoms with van der Waals surface area (Å²) in [6.45, 7) is 1.37. The molecule has 3 N–H and O–H groups in total. The third-order valence-corrected chi connectivity index (χ3v) is 4.77. The molecule has 2 rings (SSSR count). The number of amides is 1. The average molecular weight is 472 g/mol. The number of oxime groups is 1. The van der Waals surface area contributed by atoms with Gasteiger partial charge in [0.1, 0.15) is 12.4 Å². The van der Waals surface area contributed by atoms with Crippen LogP contribution in [0, 0.1) is 24.4 Å². The fraction of sp³-hybridized carbons (Fsp3) is 0.333. The molecule has 0 saturated heterocycles. The molecule has 11 heteroatoms. The molecule has 0 saturated carbocycles. The highest BCUT2D eigenvalue weighted by molar-refractivity contribution is 7.98. The second kappa shape index (κ2) is 12.9. The highest BCUT2D eigenvalue weighted by Crippen LogP contribution is 2.30. The summed E-state index contributed by atoms with van der Waals surface area (Å²) in [5, 5.41) is 14.8. The normalized spacial score (nSPS) is 11.1. The van der Waals surface area contributed by atoms with E-state index in [0.29, 0.717) is 5.56 Å². The standard InChI is InChI=1S/C21H24F3N3O4S/c1-13-4-5-17(16(22)10-13)26-20-15(21(29)27-31-8-6-28)11-14(18(23)19(20)24)12-25-30-7-3-9-32-2/h4-5,10-12,26,28H,3,6-9H2,1-2H3,(H,27,29)/b25-12+. The molecule has 0 radical (unpaired) electrons. The molecule has 32 heavy (non-hydrogen) atoms. The highest BCUT2D eigenvalue weighted by atomic mass is 32.2. The molecule has 0 unspecified atom stereocenters. The van der Waals surface area contributed by atoms with Crippen LogP contribution >= 0.6 is 11.8 Å². The molecule has 2 aromatic rings. The molecule has 1 amide bonds. The van der Waals surface area contributed by atoms with E-state index in [1.54, 1.807) is 24.8 Å². The van der Waals surface area contributed by atoms with Crippen LogP contribution < -0.4 is 10.8 Å². The Morgan fingerprint density at radius 1 is 1.22 bits per heavy atom. The molecule has 0 spiro atoms. The number of hydrogen-bond acceptors (Lipinski definition) is 7. The second-order valence-corrected chi connectivity index (χ2v) is 7.53. The van der Waals surface area contributed by atoms with E-state index in [0.717, 1.165) is 24.5 Å². The third-order valence-electron chi connectivity index (χ3n) is 4.07. The smallest absolute Gasteiger partial charge is 0.277 e. The van der Waals surface area contributed by atoms with Gasteiger partial charge in [0.15, 0.2) is 11.6 Å². The van der Waals surface area contributed by atoms with Crippen LogP contribution in [0.3, 0.4) is 0 Å². The first-order valence-electron chi connectivity index (χ1n) is 9.61. The average Bonchev–Trinajstić information content (AvgIpc) is 2.76. The molecule has 174 valence electrons. The maximum atomic E-state index is 14.9. The summed E-state index contributed by atoms with van der Waals surface area (Å²) in [7, 11) is 0. The van der Waals surface area contributed by atoms with Gasteiger partial charge in [-0.2, -0.15) is 11.8 Å². The number of aliphatic hydroxyl groups excluding tert-OH is 1. The number of aliphatic hydroxyl groups is 1. The Kier molecular flexibility index (Phi) is 10.3. The lowest BCUT2D eigenvalue weighted by molar-refractivity contribution is 0.0168.